The van der Waals surface area contributed by atoms with Crippen LogP contribution in [0.1, 0.15) is 18.9 Å². The first-order valence-corrected chi connectivity index (χ1v) is 6.56. The Kier molecular flexibility index (Phi) is 3.60. The van der Waals surface area contributed by atoms with Crippen molar-refractivity contribution in [3.05, 3.63) is 28.8 Å². The van der Waals surface area contributed by atoms with Gasteiger partial charge in [-0.1, -0.05) is 13.8 Å². The van der Waals surface area contributed by atoms with Gasteiger partial charge >= 0.3 is 0 Å². The van der Waals surface area contributed by atoms with Gasteiger partial charge in [0.15, 0.2) is 0 Å². The van der Waals surface area contributed by atoms with Crippen LogP contribution < -0.4 is 0 Å². The van der Waals surface area contributed by atoms with E-state index in [0.717, 1.165) is 22.7 Å². The van der Waals surface area contributed by atoms with E-state index in [1.165, 1.54) is 0 Å². The lowest BCUT2D eigenvalue weighted by Gasteiger charge is -2.09. The van der Waals surface area contributed by atoms with E-state index in [1.54, 1.807) is 11.3 Å². The van der Waals surface area contributed by atoms with Gasteiger partial charge in [-0.3, -0.25) is 0 Å². The summed E-state index contributed by atoms with van der Waals surface area (Å²) in [4.78, 5) is 7.59. The van der Waals surface area contributed by atoms with Gasteiger partial charge in [0, 0.05) is 29.8 Å². The molecule has 17 heavy (non-hydrogen) atoms. The number of hydrogen-bond acceptors (Lipinski definition) is 3. The molecule has 1 N–H and O–H groups in total. The second-order valence-corrected chi connectivity index (χ2v) is 5.35. The fourth-order valence-corrected chi connectivity index (χ4v) is 2.50. The fourth-order valence-electron chi connectivity index (χ4n) is 1.64. The normalized spacial score (nSPS) is 12.6. The quantitative estimate of drug-likeness (QED) is 0.896. The zero-order valence-electron chi connectivity index (χ0n) is 9.97. The predicted octanol–water partition coefficient (Wildman–Crippen LogP) is 3.48. The van der Waals surface area contributed by atoms with Gasteiger partial charge in [0.05, 0.1) is 22.7 Å². The van der Waals surface area contributed by atoms with Crippen LogP contribution in [-0.2, 0) is 6.42 Å². The molecule has 0 aromatic carbocycles. The molecule has 1 unspecified atom stereocenters. The molecule has 2 heterocycles. The van der Waals surface area contributed by atoms with Crippen molar-refractivity contribution < 1.29 is 0 Å². The average molecular weight is 245 g/mol. The number of nitrogens with one attached hydrogen (secondary N) is 1. The highest BCUT2D eigenvalue weighted by molar-refractivity contribution is 7.09. The first-order valence-electron chi connectivity index (χ1n) is 5.68. The van der Waals surface area contributed by atoms with Crippen molar-refractivity contribution in [2.45, 2.75) is 20.3 Å². The number of H-pyrrole nitrogens is 1. The molecule has 3 nitrogen and oxygen atoms in total. The molecule has 0 spiro atoms. The Balaban J connectivity index is 2.12. The average Bonchev–Trinajstić information content (AvgIpc) is 2.95. The standard InChI is InChI=1S/C13H15N3S/c1-9(2)11(6-14)5-13-16-12(8-17-13)10-3-4-15-7-10/h3-4,7-9,11,15H,5H2,1-2H3. The van der Waals surface area contributed by atoms with Gasteiger partial charge in [0.2, 0.25) is 0 Å². The third kappa shape index (κ3) is 2.75. The van der Waals surface area contributed by atoms with Crippen molar-refractivity contribution in [1.82, 2.24) is 9.97 Å². The van der Waals surface area contributed by atoms with Crippen molar-refractivity contribution in [3.8, 4) is 17.3 Å². The lowest BCUT2D eigenvalue weighted by Crippen LogP contribution is -2.09. The summed E-state index contributed by atoms with van der Waals surface area (Å²) in [6, 6.07) is 4.36. The van der Waals surface area contributed by atoms with Gasteiger partial charge in [0.25, 0.3) is 0 Å². The largest absolute Gasteiger partial charge is 0.367 e. The molecule has 0 aliphatic heterocycles. The number of nitrogens with zero attached hydrogens (tertiary/aromatic N) is 2. The summed E-state index contributed by atoms with van der Waals surface area (Å²) in [6.45, 7) is 4.16. The molecule has 0 fully saturated rings. The minimum atomic E-state index is 0.0558. The molecule has 2 rings (SSSR count). The van der Waals surface area contributed by atoms with Gasteiger partial charge in [-0.25, -0.2) is 4.98 Å². The van der Waals surface area contributed by atoms with Crippen LogP contribution in [0, 0.1) is 23.2 Å². The molecule has 2 aromatic rings. The molecule has 0 aliphatic carbocycles. The first-order chi connectivity index (χ1) is 8.20. The lowest BCUT2D eigenvalue weighted by atomic mass is 9.94. The summed E-state index contributed by atoms with van der Waals surface area (Å²) in [6.07, 6.45) is 4.58. The zero-order chi connectivity index (χ0) is 12.3. The summed E-state index contributed by atoms with van der Waals surface area (Å²) in [5, 5.41) is 12.2. The minimum Gasteiger partial charge on any atom is -0.367 e. The molecule has 0 aliphatic rings. The third-order valence-corrected chi connectivity index (χ3v) is 3.68. The van der Waals surface area contributed by atoms with Crippen molar-refractivity contribution in [2.75, 3.05) is 0 Å². The maximum atomic E-state index is 9.07. The van der Waals surface area contributed by atoms with E-state index in [0.29, 0.717) is 5.92 Å². The van der Waals surface area contributed by atoms with E-state index in [9.17, 15) is 0 Å². The van der Waals surface area contributed by atoms with Crippen LogP contribution >= 0.6 is 11.3 Å². The molecular formula is C13H15N3S. The summed E-state index contributed by atoms with van der Waals surface area (Å²) < 4.78 is 0. The number of thiazole rings is 1. The number of aromatic nitrogens is 2. The topological polar surface area (TPSA) is 52.5 Å². The molecule has 0 saturated carbocycles. The van der Waals surface area contributed by atoms with Crippen LogP contribution in [0.4, 0.5) is 0 Å². The van der Waals surface area contributed by atoms with Crippen molar-refractivity contribution >= 4 is 11.3 Å². The summed E-state index contributed by atoms with van der Waals surface area (Å²) in [7, 11) is 0. The molecular weight excluding hydrogens is 230 g/mol. The van der Waals surface area contributed by atoms with Gasteiger partial charge in [-0.05, 0) is 12.0 Å². The highest BCUT2D eigenvalue weighted by Crippen LogP contribution is 2.24. The second kappa shape index (κ2) is 5.15. The SMILES string of the molecule is CC(C)C(C#N)Cc1nc(-c2cc[nH]c2)cs1. The molecule has 0 amide bonds. The van der Waals surface area contributed by atoms with Gasteiger partial charge in [-0.15, -0.1) is 11.3 Å². The molecule has 0 bridgehead atoms. The number of hydrogen-bond donors (Lipinski definition) is 1. The maximum absolute atomic E-state index is 9.07. The van der Waals surface area contributed by atoms with E-state index < -0.39 is 0 Å². The fraction of sp³-hybridized carbons (Fsp3) is 0.385. The van der Waals surface area contributed by atoms with Crippen molar-refractivity contribution in [2.24, 2.45) is 11.8 Å². The smallest absolute Gasteiger partial charge is 0.0945 e. The van der Waals surface area contributed by atoms with Crippen LogP contribution in [0.15, 0.2) is 23.8 Å². The Labute approximate surface area is 105 Å². The number of nitriles is 1. The molecule has 0 saturated heterocycles. The van der Waals surface area contributed by atoms with Crippen molar-refractivity contribution in [3.63, 3.8) is 0 Å². The number of aromatic amines is 1. The van der Waals surface area contributed by atoms with E-state index >= 15 is 0 Å². The van der Waals surface area contributed by atoms with Crippen LogP contribution in [0.3, 0.4) is 0 Å². The van der Waals surface area contributed by atoms with Crippen LogP contribution in [-0.4, -0.2) is 9.97 Å². The maximum Gasteiger partial charge on any atom is 0.0945 e. The van der Waals surface area contributed by atoms with E-state index in [1.807, 2.05) is 23.8 Å². The van der Waals surface area contributed by atoms with Crippen LogP contribution in [0.25, 0.3) is 11.3 Å². The highest BCUT2D eigenvalue weighted by Gasteiger charge is 2.15. The zero-order valence-corrected chi connectivity index (χ0v) is 10.8. The van der Waals surface area contributed by atoms with E-state index in [2.05, 4.69) is 29.9 Å². The Morgan fingerprint density at radius 1 is 1.53 bits per heavy atom. The third-order valence-electron chi connectivity index (χ3n) is 2.81. The highest BCUT2D eigenvalue weighted by atomic mass is 32.1. The Morgan fingerprint density at radius 3 is 2.94 bits per heavy atom. The van der Waals surface area contributed by atoms with Gasteiger partial charge in [0.1, 0.15) is 0 Å². The number of rotatable bonds is 4. The Hall–Kier alpha value is -1.60. The van der Waals surface area contributed by atoms with E-state index in [4.69, 9.17) is 5.26 Å². The minimum absolute atomic E-state index is 0.0558. The molecule has 1 atom stereocenters. The predicted molar refractivity (Wildman–Crippen MR) is 69.5 cm³/mol. The molecule has 2 aromatic heterocycles. The monoisotopic (exact) mass is 245 g/mol. The summed E-state index contributed by atoms with van der Waals surface area (Å²) in [5.74, 6) is 0.430. The summed E-state index contributed by atoms with van der Waals surface area (Å²) in [5.41, 5.74) is 2.09. The van der Waals surface area contributed by atoms with Crippen molar-refractivity contribution in [1.29, 1.82) is 5.26 Å². The lowest BCUT2D eigenvalue weighted by molar-refractivity contribution is 0.473. The van der Waals surface area contributed by atoms with Gasteiger partial charge < -0.3 is 4.98 Å². The van der Waals surface area contributed by atoms with E-state index in [-0.39, 0.29) is 5.92 Å². The van der Waals surface area contributed by atoms with Crippen LogP contribution in [0.2, 0.25) is 0 Å². The molecule has 0 radical (unpaired) electrons. The van der Waals surface area contributed by atoms with Gasteiger partial charge in [-0.2, -0.15) is 5.26 Å². The molecule has 4 heteroatoms. The Morgan fingerprint density at radius 2 is 2.35 bits per heavy atom. The molecule has 88 valence electrons. The summed E-state index contributed by atoms with van der Waals surface area (Å²) >= 11 is 1.63. The Bertz CT molecular complexity index is 505. The van der Waals surface area contributed by atoms with Crippen LogP contribution in [0.5, 0.6) is 0 Å². The first kappa shape index (κ1) is 11.9. The second-order valence-electron chi connectivity index (χ2n) is 4.41.